The molecule has 5 nitrogen and oxygen atoms in total. The van der Waals surface area contributed by atoms with Crippen LogP contribution in [-0.2, 0) is 18.2 Å². The van der Waals surface area contributed by atoms with E-state index in [0.717, 1.165) is 24.0 Å². The van der Waals surface area contributed by atoms with E-state index in [9.17, 15) is 9.90 Å². The van der Waals surface area contributed by atoms with Crippen LogP contribution in [0.5, 0.6) is 0 Å². The van der Waals surface area contributed by atoms with E-state index in [4.69, 9.17) is 4.74 Å². The summed E-state index contributed by atoms with van der Waals surface area (Å²) in [5.74, 6) is 0. The van der Waals surface area contributed by atoms with Gasteiger partial charge in [-0.05, 0) is 54.5 Å². The van der Waals surface area contributed by atoms with Gasteiger partial charge in [0.25, 0.3) is 0 Å². The topological polar surface area (TPSA) is 63.5 Å². The Labute approximate surface area is 163 Å². The van der Waals surface area contributed by atoms with Gasteiger partial charge in [0.05, 0.1) is 0 Å². The molecule has 0 amide bonds. The summed E-state index contributed by atoms with van der Waals surface area (Å²) in [6.45, 7) is 0. The molecule has 5 rings (SSSR count). The standard InChI is InChI=1S/C23H24N2O3/c1-25-20-12-7-15(22(28-23(26)27)14-5-3-2-4-6-14)13-18(20)17-10-11-19(21(17)25)24-16-8-9-16/h2-7,12-13,16,19,22,24H,8-11H2,1H3,(H,26,27). The molecule has 0 aliphatic heterocycles. The van der Waals surface area contributed by atoms with Crippen LogP contribution < -0.4 is 5.32 Å². The highest BCUT2D eigenvalue weighted by Crippen LogP contribution is 2.41. The third-order valence-electron chi connectivity index (χ3n) is 6.03. The Morgan fingerprint density at radius 3 is 2.64 bits per heavy atom. The molecule has 0 bridgehead atoms. The summed E-state index contributed by atoms with van der Waals surface area (Å²) in [6, 6.07) is 16.8. The normalized spacial score (nSPS) is 19.5. The molecule has 0 spiro atoms. The summed E-state index contributed by atoms with van der Waals surface area (Å²) in [5.41, 5.74) is 5.67. The molecular weight excluding hydrogens is 352 g/mol. The first-order valence-electron chi connectivity index (χ1n) is 9.93. The first-order valence-corrected chi connectivity index (χ1v) is 9.93. The number of aryl methyl sites for hydroxylation is 2. The van der Waals surface area contributed by atoms with Gasteiger partial charge < -0.3 is 19.7 Å². The third kappa shape index (κ3) is 2.96. The van der Waals surface area contributed by atoms with Crippen LogP contribution in [0, 0.1) is 0 Å². The van der Waals surface area contributed by atoms with Crippen LogP contribution in [0.25, 0.3) is 10.9 Å². The Kier molecular flexibility index (Phi) is 4.13. The number of benzene rings is 2. The first kappa shape index (κ1) is 17.3. The Bertz CT molecular complexity index is 1040. The molecule has 5 heteroatoms. The number of nitrogens with one attached hydrogen (secondary N) is 1. The SMILES string of the molecule is Cn1c2c(c3cc(C(OC(=O)O)c4ccccc4)ccc31)CCC2NC1CC1. The maximum absolute atomic E-state index is 11.3. The zero-order valence-electron chi connectivity index (χ0n) is 15.9. The maximum Gasteiger partial charge on any atom is 0.506 e. The Hall–Kier alpha value is -2.79. The number of carbonyl (C=O) groups is 1. The van der Waals surface area contributed by atoms with Gasteiger partial charge >= 0.3 is 6.16 Å². The molecular formula is C23H24N2O3. The van der Waals surface area contributed by atoms with Crippen molar-refractivity contribution in [3.05, 3.63) is 70.9 Å². The van der Waals surface area contributed by atoms with Gasteiger partial charge in [0.15, 0.2) is 6.10 Å². The van der Waals surface area contributed by atoms with Gasteiger partial charge in [-0.15, -0.1) is 0 Å². The van der Waals surface area contributed by atoms with E-state index < -0.39 is 12.3 Å². The minimum atomic E-state index is -1.26. The lowest BCUT2D eigenvalue weighted by atomic mass is 9.99. The number of rotatable bonds is 5. The summed E-state index contributed by atoms with van der Waals surface area (Å²) in [6.07, 6.45) is 2.86. The number of hydrogen-bond donors (Lipinski definition) is 2. The molecule has 2 N–H and O–H groups in total. The Morgan fingerprint density at radius 1 is 1.14 bits per heavy atom. The number of ether oxygens (including phenoxy) is 1. The highest BCUT2D eigenvalue weighted by atomic mass is 16.7. The average molecular weight is 376 g/mol. The zero-order chi connectivity index (χ0) is 19.3. The molecule has 2 aliphatic rings. The van der Waals surface area contributed by atoms with Crippen molar-refractivity contribution in [2.24, 2.45) is 7.05 Å². The van der Waals surface area contributed by atoms with Crippen LogP contribution in [0.2, 0.25) is 0 Å². The molecule has 0 radical (unpaired) electrons. The molecule has 144 valence electrons. The second-order valence-electron chi connectivity index (χ2n) is 7.91. The number of fused-ring (bicyclic) bond motifs is 3. The van der Waals surface area contributed by atoms with Gasteiger partial charge in [0, 0.05) is 35.7 Å². The van der Waals surface area contributed by atoms with E-state index >= 15 is 0 Å². The lowest BCUT2D eigenvalue weighted by Crippen LogP contribution is -2.23. The summed E-state index contributed by atoms with van der Waals surface area (Å²) in [4.78, 5) is 11.3. The summed E-state index contributed by atoms with van der Waals surface area (Å²) in [5, 5.41) is 14.3. The number of aromatic nitrogens is 1. The summed E-state index contributed by atoms with van der Waals surface area (Å²) in [7, 11) is 2.14. The molecule has 2 unspecified atom stereocenters. The van der Waals surface area contributed by atoms with Gasteiger partial charge in [-0.2, -0.15) is 0 Å². The van der Waals surface area contributed by atoms with E-state index in [1.54, 1.807) is 0 Å². The predicted molar refractivity (Wildman–Crippen MR) is 108 cm³/mol. The minimum absolute atomic E-state index is 0.420. The zero-order valence-corrected chi connectivity index (χ0v) is 15.9. The first-order chi connectivity index (χ1) is 13.6. The molecule has 1 aromatic heterocycles. The fourth-order valence-electron chi connectivity index (χ4n) is 4.61. The Balaban J connectivity index is 1.58. The maximum atomic E-state index is 11.3. The molecule has 1 heterocycles. The van der Waals surface area contributed by atoms with Crippen LogP contribution in [0.3, 0.4) is 0 Å². The third-order valence-corrected chi connectivity index (χ3v) is 6.03. The monoisotopic (exact) mass is 376 g/mol. The smallest absolute Gasteiger partial charge is 0.450 e. The van der Waals surface area contributed by atoms with Crippen molar-refractivity contribution in [3.63, 3.8) is 0 Å². The van der Waals surface area contributed by atoms with Crippen LogP contribution in [0.4, 0.5) is 4.79 Å². The molecule has 2 aromatic carbocycles. The van der Waals surface area contributed by atoms with Gasteiger partial charge in [-0.3, -0.25) is 0 Å². The van der Waals surface area contributed by atoms with E-state index in [1.165, 1.54) is 35.0 Å². The molecule has 3 aromatic rings. The van der Waals surface area contributed by atoms with Crippen molar-refractivity contribution in [1.82, 2.24) is 9.88 Å². The molecule has 2 atom stereocenters. The van der Waals surface area contributed by atoms with E-state index in [1.807, 2.05) is 36.4 Å². The molecule has 1 fully saturated rings. The van der Waals surface area contributed by atoms with Crippen LogP contribution in [0.15, 0.2) is 48.5 Å². The number of carboxylic acid groups (broad SMARTS) is 1. The summed E-state index contributed by atoms with van der Waals surface area (Å²) >= 11 is 0. The highest BCUT2D eigenvalue weighted by molar-refractivity contribution is 5.87. The average Bonchev–Trinajstić information content (AvgIpc) is 3.35. The summed E-state index contributed by atoms with van der Waals surface area (Å²) < 4.78 is 7.58. The lowest BCUT2D eigenvalue weighted by molar-refractivity contribution is 0.0663. The molecule has 1 saturated carbocycles. The van der Waals surface area contributed by atoms with E-state index in [2.05, 4.69) is 29.1 Å². The van der Waals surface area contributed by atoms with Crippen LogP contribution in [-0.4, -0.2) is 21.9 Å². The van der Waals surface area contributed by atoms with Crippen molar-refractivity contribution in [2.75, 3.05) is 0 Å². The van der Waals surface area contributed by atoms with Crippen LogP contribution >= 0.6 is 0 Å². The lowest BCUT2D eigenvalue weighted by Gasteiger charge is -2.17. The van der Waals surface area contributed by atoms with E-state index in [0.29, 0.717) is 12.1 Å². The second kappa shape index (κ2) is 6.67. The molecule has 0 saturated heterocycles. The predicted octanol–water partition coefficient (Wildman–Crippen LogP) is 4.70. The fraction of sp³-hybridized carbons (Fsp3) is 0.348. The molecule has 28 heavy (non-hydrogen) atoms. The minimum Gasteiger partial charge on any atom is -0.450 e. The largest absolute Gasteiger partial charge is 0.506 e. The quantitative estimate of drug-likeness (QED) is 0.634. The van der Waals surface area contributed by atoms with Gasteiger partial charge in [0.2, 0.25) is 0 Å². The van der Waals surface area contributed by atoms with Gasteiger partial charge in [-0.25, -0.2) is 4.79 Å². The van der Waals surface area contributed by atoms with Crippen molar-refractivity contribution in [1.29, 1.82) is 0 Å². The van der Waals surface area contributed by atoms with E-state index in [-0.39, 0.29) is 0 Å². The second-order valence-corrected chi connectivity index (χ2v) is 7.91. The van der Waals surface area contributed by atoms with Crippen molar-refractivity contribution >= 4 is 17.1 Å². The van der Waals surface area contributed by atoms with Gasteiger partial charge in [0.1, 0.15) is 0 Å². The fourth-order valence-corrected chi connectivity index (χ4v) is 4.61. The number of hydrogen-bond acceptors (Lipinski definition) is 3. The van der Waals surface area contributed by atoms with Crippen molar-refractivity contribution < 1.29 is 14.6 Å². The van der Waals surface area contributed by atoms with Crippen molar-refractivity contribution in [2.45, 2.75) is 43.9 Å². The Morgan fingerprint density at radius 2 is 1.93 bits per heavy atom. The van der Waals surface area contributed by atoms with Gasteiger partial charge in [-0.1, -0.05) is 36.4 Å². The molecule has 2 aliphatic carbocycles. The number of nitrogens with zero attached hydrogens (tertiary/aromatic N) is 1. The van der Waals surface area contributed by atoms with Crippen molar-refractivity contribution in [3.8, 4) is 0 Å². The highest BCUT2D eigenvalue weighted by Gasteiger charge is 2.33. The van der Waals surface area contributed by atoms with Crippen LogP contribution in [0.1, 0.15) is 53.8 Å².